The number of hydrogen-bond acceptors (Lipinski definition) is 4. The van der Waals surface area contributed by atoms with Crippen molar-refractivity contribution in [2.45, 2.75) is 18.9 Å². The number of hydrogen-bond donors (Lipinski definition) is 1. The maximum absolute atomic E-state index is 12.5. The van der Waals surface area contributed by atoms with Crippen LogP contribution in [0.1, 0.15) is 23.2 Å². The van der Waals surface area contributed by atoms with Gasteiger partial charge in [0.15, 0.2) is 0 Å². The molecule has 1 atom stereocenters. The Labute approximate surface area is 119 Å². The van der Waals surface area contributed by atoms with Gasteiger partial charge in [-0.05, 0) is 31.5 Å². The Hall–Kier alpha value is -1.75. The molecule has 0 bridgehead atoms. The summed E-state index contributed by atoms with van der Waals surface area (Å²) in [5.41, 5.74) is 0.564. The number of nitrogens with one attached hydrogen (secondary N) is 1. The first-order valence-corrected chi connectivity index (χ1v) is 6.86. The number of rotatable bonds is 5. The Morgan fingerprint density at radius 1 is 1.40 bits per heavy atom. The average molecular weight is 278 g/mol. The van der Waals surface area contributed by atoms with Crippen LogP contribution in [0.3, 0.4) is 0 Å². The second-order valence-electron chi connectivity index (χ2n) is 5.05. The molecule has 1 aromatic carbocycles. The molecular weight excluding hydrogens is 256 g/mol. The predicted octanol–water partition coefficient (Wildman–Crippen LogP) is 1.53. The van der Waals surface area contributed by atoms with Gasteiger partial charge in [-0.25, -0.2) is 0 Å². The highest BCUT2D eigenvalue weighted by Crippen LogP contribution is 2.25. The number of carbonyl (C=O) groups is 1. The van der Waals surface area contributed by atoms with Crippen LogP contribution in [0.5, 0.6) is 11.5 Å². The van der Waals surface area contributed by atoms with Crippen LogP contribution in [-0.2, 0) is 0 Å². The standard InChI is InChI=1S/C15H22N2O3/c1-17(10-11-5-4-8-16-11)15(18)13-7-6-12(19-2)9-14(13)20-3/h6-7,9,11,16H,4-5,8,10H2,1-3H3. The third kappa shape index (κ3) is 3.22. The van der Waals surface area contributed by atoms with E-state index in [0.717, 1.165) is 13.0 Å². The zero-order valence-corrected chi connectivity index (χ0v) is 12.3. The maximum atomic E-state index is 12.5. The summed E-state index contributed by atoms with van der Waals surface area (Å²) < 4.78 is 10.4. The van der Waals surface area contributed by atoms with Crippen LogP contribution in [-0.4, -0.2) is 51.2 Å². The first kappa shape index (κ1) is 14.7. The lowest BCUT2D eigenvalue weighted by atomic mass is 10.1. The van der Waals surface area contributed by atoms with E-state index in [1.807, 2.05) is 7.05 Å². The van der Waals surface area contributed by atoms with E-state index in [1.165, 1.54) is 6.42 Å². The molecule has 5 heteroatoms. The predicted molar refractivity (Wildman–Crippen MR) is 77.5 cm³/mol. The van der Waals surface area contributed by atoms with E-state index < -0.39 is 0 Å². The van der Waals surface area contributed by atoms with Crippen LogP contribution in [0.25, 0.3) is 0 Å². The van der Waals surface area contributed by atoms with Gasteiger partial charge in [0.2, 0.25) is 0 Å². The van der Waals surface area contributed by atoms with E-state index in [1.54, 1.807) is 37.3 Å². The van der Waals surface area contributed by atoms with Crippen molar-refractivity contribution in [2.75, 3.05) is 34.4 Å². The minimum atomic E-state index is -0.0294. The number of carbonyl (C=O) groups excluding carboxylic acids is 1. The number of ether oxygens (including phenoxy) is 2. The molecule has 1 aliphatic rings. The Bertz CT molecular complexity index is 470. The maximum Gasteiger partial charge on any atom is 0.257 e. The second kappa shape index (κ2) is 6.61. The molecule has 0 aliphatic carbocycles. The number of methoxy groups -OCH3 is 2. The molecule has 20 heavy (non-hydrogen) atoms. The van der Waals surface area contributed by atoms with Crippen LogP contribution in [0.15, 0.2) is 18.2 Å². The normalized spacial score (nSPS) is 17.9. The van der Waals surface area contributed by atoms with Crippen molar-refractivity contribution in [2.24, 2.45) is 0 Å². The molecule has 1 heterocycles. The molecule has 0 aromatic heterocycles. The largest absolute Gasteiger partial charge is 0.497 e. The molecule has 1 aliphatic heterocycles. The quantitative estimate of drug-likeness (QED) is 0.887. The van der Waals surface area contributed by atoms with E-state index in [2.05, 4.69) is 5.32 Å². The molecule has 0 spiro atoms. The highest BCUT2D eigenvalue weighted by atomic mass is 16.5. The van der Waals surface area contributed by atoms with E-state index in [0.29, 0.717) is 29.6 Å². The van der Waals surface area contributed by atoms with Gasteiger partial charge in [-0.2, -0.15) is 0 Å². The summed E-state index contributed by atoms with van der Waals surface area (Å²) in [6.07, 6.45) is 2.30. The van der Waals surface area contributed by atoms with E-state index >= 15 is 0 Å². The lowest BCUT2D eigenvalue weighted by Crippen LogP contribution is -2.38. The Kier molecular flexibility index (Phi) is 4.84. The third-order valence-corrected chi connectivity index (χ3v) is 3.64. The molecule has 1 fully saturated rings. The summed E-state index contributed by atoms with van der Waals surface area (Å²) in [4.78, 5) is 14.2. The Morgan fingerprint density at radius 3 is 2.80 bits per heavy atom. The fourth-order valence-corrected chi connectivity index (χ4v) is 2.51. The molecule has 2 rings (SSSR count). The molecular formula is C15H22N2O3. The van der Waals surface area contributed by atoms with Crippen LogP contribution >= 0.6 is 0 Å². The minimum absolute atomic E-state index is 0.0294. The molecule has 1 aromatic rings. The molecule has 0 saturated carbocycles. The number of benzene rings is 1. The Morgan fingerprint density at radius 2 is 2.20 bits per heavy atom. The van der Waals surface area contributed by atoms with E-state index in [9.17, 15) is 4.79 Å². The number of likely N-dealkylation sites (N-methyl/N-ethyl adjacent to an activating group) is 1. The van der Waals surface area contributed by atoms with Gasteiger partial charge in [-0.1, -0.05) is 0 Å². The van der Waals surface area contributed by atoms with Crippen LogP contribution < -0.4 is 14.8 Å². The molecule has 1 N–H and O–H groups in total. The molecule has 1 unspecified atom stereocenters. The van der Waals surface area contributed by atoms with Gasteiger partial charge in [0.05, 0.1) is 19.8 Å². The zero-order valence-electron chi connectivity index (χ0n) is 12.3. The second-order valence-corrected chi connectivity index (χ2v) is 5.05. The highest BCUT2D eigenvalue weighted by molar-refractivity contribution is 5.97. The third-order valence-electron chi connectivity index (χ3n) is 3.64. The molecule has 5 nitrogen and oxygen atoms in total. The van der Waals surface area contributed by atoms with Crippen LogP contribution in [0, 0.1) is 0 Å². The van der Waals surface area contributed by atoms with Crippen molar-refractivity contribution in [1.82, 2.24) is 10.2 Å². The van der Waals surface area contributed by atoms with Crippen molar-refractivity contribution < 1.29 is 14.3 Å². The van der Waals surface area contributed by atoms with Gasteiger partial charge in [-0.15, -0.1) is 0 Å². The summed E-state index contributed by atoms with van der Waals surface area (Å²) in [7, 11) is 4.98. The van der Waals surface area contributed by atoms with Gasteiger partial charge >= 0.3 is 0 Å². The SMILES string of the molecule is COc1ccc(C(=O)N(C)CC2CCCN2)c(OC)c1. The van der Waals surface area contributed by atoms with Gasteiger partial charge < -0.3 is 19.7 Å². The fourth-order valence-electron chi connectivity index (χ4n) is 2.51. The number of nitrogens with zero attached hydrogens (tertiary/aromatic N) is 1. The highest BCUT2D eigenvalue weighted by Gasteiger charge is 2.22. The van der Waals surface area contributed by atoms with Gasteiger partial charge in [0.25, 0.3) is 5.91 Å². The lowest BCUT2D eigenvalue weighted by Gasteiger charge is -2.22. The van der Waals surface area contributed by atoms with Crippen molar-refractivity contribution in [1.29, 1.82) is 0 Å². The summed E-state index contributed by atoms with van der Waals surface area (Å²) in [6, 6.07) is 5.65. The minimum Gasteiger partial charge on any atom is -0.497 e. The van der Waals surface area contributed by atoms with Crippen LogP contribution in [0.2, 0.25) is 0 Å². The first-order valence-electron chi connectivity index (χ1n) is 6.86. The molecule has 110 valence electrons. The van der Waals surface area contributed by atoms with Crippen molar-refractivity contribution in [3.63, 3.8) is 0 Å². The summed E-state index contributed by atoms with van der Waals surface area (Å²) in [6.45, 7) is 1.76. The van der Waals surface area contributed by atoms with Crippen molar-refractivity contribution in [3.8, 4) is 11.5 Å². The van der Waals surface area contributed by atoms with Gasteiger partial charge in [0, 0.05) is 25.7 Å². The smallest absolute Gasteiger partial charge is 0.257 e. The van der Waals surface area contributed by atoms with E-state index in [-0.39, 0.29) is 5.91 Å². The summed E-state index contributed by atoms with van der Waals surface area (Å²) in [5, 5.41) is 3.40. The molecule has 1 saturated heterocycles. The topological polar surface area (TPSA) is 50.8 Å². The zero-order chi connectivity index (χ0) is 14.5. The summed E-state index contributed by atoms with van der Waals surface area (Å²) >= 11 is 0. The monoisotopic (exact) mass is 278 g/mol. The van der Waals surface area contributed by atoms with Crippen molar-refractivity contribution in [3.05, 3.63) is 23.8 Å². The average Bonchev–Trinajstić information content (AvgIpc) is 2.98. The van der Waals surface area contributed by atoms with E-state index in [4.69, 9.17) is 9.47 Å². The fraction of sp³-hybridized carbons (Fsp3) is 0.533. The van der Waals surface area contributed by atoms with Gasteiger partial charge in [-0.3, -0.25) is 4.79 Å². The summed E-state index contributed by atoms with van der Waals surface area (Å²) in [5.74, 6) is 1.19. The molecule has 1 amide bonds. The Balaban J connectivity index is 2.10. The number of amides is 1. The van der Waals surface area contributed by atoms with Crippen LogP contribution in [0.4, 0.5) is 0 Å². The van der Waals surface area contributed by atoms with Crippen molar-refractivity contribution >= 4 is 5.91 Å². The first-order chi connectivity index (χ1) is 9.65. The van der Waals surface area contributed by atoms with Gasteiger partial charge in [0.1, 0.15) is 11.5 Å². The molecule has 0 radical (unpaired) electrons. The lowest BCUT2D eigenvalue weighted by molar-refractivity contribution is 0.0780.